The maximum Gasteiger partial charge on any atom is 0.294 e. The number of carbonyl (C=O) groups excluding carboxylic acids is 4. The second-order valence-corrected chi connectivity index (χ2v) is 8.26. The minimum Gasteiger partial charge on any atom is -0.545 e. The van der Waals surface area contributed by atoms with Gasteiger partial charge < -0.3 is 19.6 Å². The number of para-hydroxylation sites is 1. The smallest absolute Gasteiger partial charge is 0.294 e. The number of imide groups is 1. The first-order valence-corrected chi connectivity index (χ1v) is 10.8. The third kappa shape index (κ3) is 4.62. The normalized spacial score (nSPS) is 14.6. The van der Waals surface area contributed by atoms with Crippen LogP contribution in [0.25, 0.3) is 17.4 Å². The molecule has 1 aromatic heterocycles. The monoisotopic (exact) mass is 479 g/mol. The van der Waals surface area contributed by atoms with Crippen molar-refractivity contribution in [3.8, 4) is 11.3 Å². The zero-order chi connectivity index (χ0) is 24.4. The van der Waals surface area contributed by atoms with E-state index in [-0.39, 0.29) is 21.9 Å². The van der Waals surface area contributed by atoms with Gasteiger partial charge in [-0.15, -0.1) is 0 Å². The van der Waals surface area contributed by atoms with Crippen molar-refractivity contribution in [3.63, 3.8) is 0 Å². The van der Waals surface area contributed by atoms with Gasteiger partial charge in [0.05, 0.1) is 16.6 Å². The molecule has 1 fully saturated rings. The molecule has 172 valence electrons. The van der Waals surface area contributed by atoms with Crippen LogP contribution in [0.1, 0.15) is 21.7 Å². The van der Waals surface area contributed by atoms with Gasteiger partial charge in [-0.25, -0.2) is 4.39 Å². The van der Waals surface area contributed by atoms with Crippen LogP contribution in [-0.4, -0.2) is 34.5 Å². The minimum absolute atomic E-state index is 0.0326. The Labute approximate surface area is 197 Å². The molecule has 3 amide bonds. The zero-order valence-electron chi connectivity index (χ0n) is 17.7. The molecule has 34 heavy (non-hydrogen) atoms. The van der Waals surface area contributed by atoms with Crippen molar-refractivity contribution in [1.82, 2.24) is 4.90 Å². The number of halogens is 1. The standard InChI is InChI=1S/C24H17FN2O6S/c1-13-15(5-4-6-16(13)23(30)31)19-10-9-14(33-19)11-20-22(29)27(24(32)34-20)12-21(28)26-18-8-3-2-7-17(18)25/h2-11H,12H2,1H3,(H,26,28)(H,30,31)/p-1/b20-11-. The number of nitrogens with one attached hydrogen (secondary N) is 1. The molecule has 0 radical (unpaired) electrons. The number of hydrogen-bond acceptors (Lipinski definition) is 7. The predicted molar refractivity (Wildman–Crippen MR) is 121 cm³/mol. The molecule has 1 aliphatic rings. The molecule has 2 heterocycles. The van der Waals surface area contributed by atoms with E-state index in [0.29, 0.717) is 28.6 Å². The Hall–Kier alpha value is -4.18. The number of rotatable bonds is 6. The molecule has 0 aliphatic carbocycles. The maximum absolute atomic E-state index is 13.7. The second-order valence-electron chi connectivity index (χ2n) is 7.26. The Morgan fingerprint density at radius 3 is 2.62 bits per heavy atom. The number of nitrogens with zero attached hydrogens (tertiary/aromatic N) is 1. The fraction of sp³-hybridized carbons (Fsp3) is 0.0833. The fourth-order valence-electron chi connectivity index (χ4n) is 3.36. The molecule has 10 heteroatoms. The summed E-state index contributed by atoms with van der Waals surface area (Å²) in [6, 6.07) is 13.4. The van der Waals surface area contributed by atoms with Crippen LogP contribution in [0.2, 0.25) is 0 Å². The predicted octanol–water partition coefficient (Wildman–Crippen LogP) is 3.43. The summed E-state index contributed by atoms with van der Waals surface area (Å²) in [7, 11) is 0. The van der Waals surface area contributed by atoms with E-state index in [1.54, 1.807) is 31.2 Å². The highest BCUT2D eigenvalue weighted by atomic mass is 32.2. The van der Waals surface area contributed by atoms with E-state index in [1.807, 2.05) is 0 Å². The van der Waals surface area contributed by atoms with Gasteiger partial charge >= 0.3 is 0 Å². The number of anilines is 1. The van der Waals surface area contributed by atoms with Crippen molar-refractivity contribution < 1.29 is 33.1 Å². The van der Waals surface area contributed by atoms with Crippen molar-refractivity contribution in [2.45, 2.75) is 6.92 Å². The van der Waals surface area contributed by atoms with Crippen LogP contribution in [-0.2, 0) is 9.59 Å². The summed E-state index contributed by atoms with van der Waals surface area (Å²) < 4.78 is 19.4. The summed E-state index contributed by atoms with van der Waals surface area (Å²) in [5, 5.41) is 12.9. The van der Waals surface area contributed by atoms with Crippen molar-refractivity contribution in [2.75, 3.05) is 11.9 Å². The average molecular weight is 479 g/mol. The Kier molecular flexibility index (Phi) is 6.33. The second kappa shape index (κ2) is 9.36. The van der Waals surface area contributed by atoms with Gasteiger partial charge in [0.15, 0.2) is 0 Å². The average Bonchev–Trinajstić information content (AvgIpc) is 3.35. The van der Waals surface area contributed by atoms with Crippen LogP contribution in [0.15, 0.2) is 63.9 Å². The highest BCUT2D eigenvalue weighted by Crippen LogP contribution is 2.34. The van der Waals surface area contributed by atoms with E-state index in [4.69, 9.17) is 4.42 Å². The van der Waals surface area contributed by atoms with E-state index in [1.165, 1.54) is 36.4 Å². The lowest BCUT2D eigenvalue weighted by Gasteiger charge is -2.12. The first-order valence-electron chi connectivity index (χ1n) is 9.95. The van der Waals surface area contributed by atoms with Gasteiger partial charge in [0, 0.05) is 17.2 Å². The molecule has 2 aromatic carbocycles. The lowest BCUT2D eigenvalue weighted by Crippen LogP contribution is -2.36. The summed E-state index contributed by atoms with van der Waals surface area (Å²) in [6.07, 6.45) is 1.36. The lowest BCUT2D eigenvalue weighted by atomic mass is 10.0. The Balaban J connectivity index is 1.49. The third-order valence-corrected chi connectivity index (χ3v) is 5.95. The van der Waals surface area contributed by atoms with Crippen molar-refractivity contribution in [1.29, 1.82) is 0 Å². The Morgan fingerprint density at radius 1 is 1.12 bits per heavy atom. The lowest BCUT2D eigenvalue weighted by molar-refractivity contribution is -0.255. The molecule has 1 aliphatic heterocycles. The highest BCUT2D eigenvalue weighted by Gasteiger charge is 2.36. The Morgan fingerprint density at radius 2 is 1.88 bits per heavy atom. The first kappa shape index (κ1) is 23.0. The number of furan rings is 1. The van der Waals surface area contributed by atoms with Crippen molar-refractivity contribution in [3.05, 3.63) is 82.2 Å². The van der Waals surface area contributed by atoms with Gasteiger partial charge in [-0.1, -0.05) is 30.3 Å². The van der Waals surface area contributed by atoms with Crippen LogP contribution in [0.5, 0.6) is 0 Å². The fourth-order valence-corrected chi connectivity index (χ4v) is 4.18. The molecule has 0 saturated carbocycles. The summed E-state index contributed by atoms with van der Waals surface area (Å²) >= 11 is 0.641. The maximum atomic E-state index is 13.7. The molecule has 1 saturated heterocycles. The van der Waals surface area contributed by atoms with E-state index >= 15 is 0 Å². The third-order valence-electron chi connectivity index (χ3n) is 5.04. The summed E-state index contributed by atoms with van der Waals surface area (Å²) in [5.74, 6) is -2.73. The van der Waals surface area contributed by atoms with Crippen LogP contribution < -0.4 is 10.4 Å². The number of carboxylic acid groups (broad SMARTS) is 1. The van der Waals surface area contributed by atoms with E-state index in [0.717, 1.165) is 4.90 Å². The van der Waals surface area contributed by atoms with Crippen molar-refractivity contribution >= 4 is 46.5 Å². The topological polar surface area (TPSA) is 120 Å². The number of aromatic carboxylic acids is 1. The molecule has 0 bridgehead atoms. The molecule has 0 spiro atoms. The summed E-state index contributed by atoms with van der Waals surface area (Å²) in [4.78, 5) is 49.3. The number of carboxylic acids is 1. The number of amides is 3. The van der Waals surface area contributed by atoms with Gasteiger partial charge in [-0.05, 0) is 48.5 Å². The molecule has 3 aromatic rings. The van der Waals surface area contributed by atoms with Gasteiger partial charge in [-0.3, -0.25) is 19.3 Å². The Bertz CT molecular complexity index is 1360. The van der Waals surface area contributed by atoms with E-state index in [2.05, 4.69) is 5.32 Å². The quantitative estimate of drug-likeness (QED) is 0.538. The van der Waals surface area contributed by atoms with Crippen LogP contribution in [0, 0.1) is 12.7 Å². The number of thioether (sulfide) groups is 1. The summed E-state index contributed by atoms with van der Waals surface area (Å²) in [5.41, 5.74) is 0.977. The SMILES string of the molecule is Cc1c(C(=O)[O-])cccc1-c1ccc(/C=C2\SC(=O)N(CC(=O)Nc3ccccc3F)C2=O)o1. The molecule has 4 rings (SSSR count). The largest absolute Gasteiger partial charge is 0.545 e. The molecule has 0 unspecified atom stereocenters. The number of hydrogen-bond donors (Lipinski definition) is 1. The first-order chi connectivity index (χ1) is 16.2. The molecule has 1 N–H and O–H groups in total. The zero-order valence-corrected chi connectivity index (χ0v) is 18.5. The molecule has 8 nitrogen and oxygen atoms in total. The van der Waals surface area contributed by atoms with Gasteiger partial charge in [-0.2, -0.15) is 0 Å². The van der Waals surface area contributed by atoms with Crippen LogP contribution in [0.3, 0.4) is 0 Å². The van der Waals surface area contributed by atoms with Crippen LogP contribution in [0.4, 0.5) is 14.9 Å². The molecular formula is C24H16FN2O6S-. The number of carbonyl (C=O) groups is 4. The van der Waals surface area contributed by atoms with Crippen molar-refractivity contribution in [2.24, 2.45) is 0 Å². The molecule has 0 atom stereocenters. The van der Waals surface area contributed by atoms with E-state index in [9.17, 15) is 28.7 Å². The highest BCUT2D eigenvalue weighted by molar-refractivity contribution is 8.18. The van der Waals surface area contributed by atoms with Gasteiger partial charge in [0.1, 0.15) is 23.9 Å². The minimum atomic E-state index is -1.31. The molecular weight excluding hydrogens is 463 g/mol. The van der Waals surface area contributed by atoms with Gasteiger partial charge in [0.2, 0.25) is 5.91 Å². The summed E-state index contributed by atoms with van der Waals surface area (Å²) in [6.45, 7) is 1.05. The van der Waals surface area contributed by atoms with Crippen LogP contribution >= 0.6 is 11.8 Å². The number of benzene rings is 2. The van der Waals surface area contributed by atoms with E-state index < -0.39 is 35.4 Å². The van der Waals surface area contributed by atoms with Gasteiger partial charge in [0.25, 0.3) is 11.1 Å².